The number of ether oxygens (including phenoxy) is 1. The molecule has 88 valence electrons. The molecule has 1 aliphatic rings. The Morgan fingerprint density at radius 2 is 2.12 bits per heavy atom. The molecule has 1 fully saturated rings. The van der Waals surface area contributed by atoms with Gasteiger partial charge in [-0.1, -0.05) is 6.07 Å². The van der Waals surface area contributed by atoms with Crippen molar-refractivity contribution in [3.8, 4) is 5.75 Å². The number of nitrogens with two attached hydrogens (primary N) is 1. The molecule has 0 heterocycles. The molecule has 2 nitrogen and oxygen atoms in total. The molecule has 0 bridgehead atoms. The molecule has 1 aromatic rings. The number of benzene rings is 1. The smallest absolute Gasteiger partial charge is 0.132 e. The summed E-state index contributed by atoms with van der Waals surface area (Å²) >= 11 is 1.71. The third kappa shape index (κ3) is 1.82. The number of rotatable bonds is 4. The molecular weight excluding hydrogens is 218 g/mol. The van der Waals surface area contributed by atoms with Crippen LogP contribution in [0.5, 0.6) is 5.75 Å². The van der Waals surface area contributed by atoms with Gasteiger partial charge in [-0.2, -0.15) is 0 Å². The van der Waals surface area contributed by atoms with Crippen LogP contribution in [0.25, 0.3) is 0 Å². The van der Waals surface area contributed by atoms with Gasteiger partial charge in [-0.15, -0.1) is 11.8 Å². The van der Waals surface area contributed by atoms with Crippen LogP contribution >= 0.6 is 11.8 Å². The number of hydrogen-bond acceptors (Lipinski definition) is 3. The summed E-state index contributed by atoms with van der Waals surface area (Å²) in [6.07, 6.45) is 4.47. The van der Waals surface area contributed by atoms with Gasteiger partial charge in [0.1, 0.15) is 5.75 Å². The molecule has 2 N–H and O–H groups in total. The summed E-state index contributed by atoms with van der Waals surface area (Å²) in [6.45, 7) is 2.10. The van der Waals surface area contributed by atoms with Crippen LogP contribution in [0.1, 0.15) is 25.3 Å². The molecule has 1 unspecified atom stereocenters. The second kappa shape index (κ2) is 4.30. The highest BCUT2D eigenvalue weighted by atomic mass is 32.2. The van der Waals surface area contributed by atoms with Crippen LogP contribution < -0.4 is 10.5 Å². The summed E-state index contributed by atoms with van der Waals surface area (Å²) in [5.74, 6) is 0.969. The average molecular weight is 237 g/mol. The van der Waals surface area contributed by atoms with Crippen LogP contribution in [0.3, 0.4) is 0 Å². The van der Waals surface area contributed by atoms with E-state index in [0.29, 0.717) is 0 Å². The number of methoxy groups -OCH3 is 1. The Bertz CT molecular complexity index is 386. The van der Waals surface area contributed by atoms with Crippen molar-refractivity contribution >= 4 is 11.8 Å². The summed E-state index contributed by atoms with van der Waals surface area (Å²) in [5.41, 5.74) is 7.62. The summed E-state index contributed by atoms with van der Waals surface area (Å²) in [6, 6.07) is 6.71. The predicted octanol–water partition coefficient (Wildman–Crippen LogP) is 2.80. The fraction of sp³-hybridized carbons (Fsp3) is 0.538. The first-order valence-corrected chi connectivity index (χ1v) is 6.84. The van der Waals surface area contributed by atoms with E-state index in [-0.39, 0.29) is 11.5 Å². The van der Waals surface area contributed by atoms with Crippen molar-refractivity contribution in [2.45, 2.75) is 36.1 Å². The first kappa shape index (κ1) is 11.8. The van der Waals surface area contributed by atoms with E-state index < -0.39 is 0 Å². The van der Waals surface area contributed by atoms with E-state index in [0.717, 1.165) is 5.75 Å². The van der Waals surface area contributed by atoms with Crippen molar-refractivity contribution in [3.63, 3.8) is 0 Å². The SMILES string of the molecule is COc1cc(C2(C(C)N)CC2)ccc1SC. The molecule has 3 heteroatoms. The molecule has 0 amide bonds. The van der Waals surface area contributed by atoms with Crippen LogP contribution in [-0.2, 0) is 5.41 Å². The van der Waals surface area contributed by atoms with Gasteiger partial charge in [-0.3, -0.25) is 0 Å². The van der Waals surface area contributed by atoms with Crippen LogP contribution in [0.2, 0.25) is 0 Å². The molecule has 1 aliphatic carbocycles. The van der Waals surface area contributed by atoms with Gasteiger partial charge in [0.2, 0.25) is 0 Å². The highest BCUT2D eigenvalue weighted by Gasteiger charge is 2.47. The Morgan fingerprint density at radius 3 is 2.56 bits per heavy atom. The van der Waals surface area contributed by atoms with Crippen molar-refractivity contribution in [1.82, 2.24) is 0 Å². The van der Waals surface area contributed by atoms with Crippen molar-refractivity contribution in [1.29, 1.82) is 0 Å². The van der Waals surface area contributed by atoms with Crippen molar-refractivity contribution < 1.29 is 4.74 Å². The molecule has 16 heavy (non-hydrogen) atoms. The zero-order valence-corrected chi connectivity index (χ0v) is 10.9. The van der Waals surface area contributed by atoms with Crippen molar-refractivity contribution in [2.75, 3.05) is 13.4 Å². The van der Waals surface area contributed by atoms with Crippen molar-refractivity contribution in [2.24, 2.45) is 5.73 Å². The normalized spacial score (nSPS) is 19.2. The molecule has 1 saturated carbocycles. The van der Waals surface area contributed by atoms with Crippen molar-refractivity contribution in [3.05, 3.63) is 23.8 Å². The van der Waals surface area contributed by atoms with Crippen LogP contribution in [0.15, 0.2) is 23.1 Å². The lowest BCUT2D eigenvalue weighted by Gasteiger charge is -2.21. The third-order valence-corrected chi connectivity index (χ3v) is 4.40. The van der Waals surface area contributed by atoms with E-state index >= 15 is 0 Å². The number of hydrogen-bond donors (Lipinski definition) is 1. The van der Waals surface area contributed by atoms with Crippen LogP contribution in [0, 0.1) is 0 Å². The van der Waals surface area contributed by atoms with Gasteiger partial charge >= 0.3 is 0 Å². The van der Waals surface area contributed by atoms with E-state index in [1.54, 1.807) is 18.9 Å². The largest absolute Gasteiger partial charge is 0.496 e. The molecule has 0 aliphatic heterocycles. The van der Waals surface area contributed by atoms with E-state index in [1.165, 1.54) is 23.3 Å². The molecule has 2 rings (SSSR count). The second-order valence-corrected chi connectivity index (χ2v) is 5.36. The summed E-state index contributed by atoms with van der Waals surface area (Å²) in [5, 5.41) is 0. The lowest BCUT2D eigenvalue weighted by atomic mass is 9.89. The van der Waals surface area contributed by atoms with Gasteiger partial charge in [-0.25, -0.2) is 0 Å². The molecule has 0 spiro atoms. The van der Waals surface area contributed by atoms with E-state index in [2.05, 4.69) is 31.4 Å². The highest BCUT2D eigenvalue weighted by molar-refractivity contribution is 7.98. The Kier molecular flexibility index (Phi) is 3.17. The zero-order chi connectivity index (χ0) is 11.8. The zero-order valence-electron chi connectivity index (χ0n) is 10.1. The van der Waals surface area contributed by atoms with E-state index in [4.69, 9.17) is 10.5 Å². The standard InChI is InChI=1S/C13H19NOS/c1-9(14)13(6-7-13)10-4-5-12(16-3)11(8-10)15-2/h4-5,8-9H,6-7,14H2,1-3H3. The topological polar surface area (TPSA) is 35.2 Å². The van der Waals surface area contributed by atoms with E-state index in [1.807, 2.05) is 0 Å². The quantitative estimate of drug-likeness (QED) is 0.818. The van der Waals surface area contributed by atoms with Gasteiger partial charge in [0.15, 0.2) is 0 Å². The fourth-order valence-electron chi connectivity index (χ4n) is 2.29. The van der Waals surface area contributed by atoms with Gasteiger partial charge in [0, 0.05) is 16.4 Å². The number of thioether (sulfide) groups is 1. The van der Waals surface area contributed by atoms with Gasteiger partial charge in [-0.05, 0) is 43.7 Å². The van der Waals surface area contributed by atoms with Gasteiger partial charge in [0.25, 0.3) is 0 Å². The highest BCUT2D eigenvalue weighted by Crippen LogP contribution is 2.51. The molecule has 0 saturated heterocycles. The molecular formula is C13H19NOS. The first-order valence-electron chi connectivity index (χ1n) is 5.62. The Labute approximate surface area is 102 Å². The monoisotopic (exact) mass is 237 g/mol. The Morgan fingerprint density at radius 1 is 1.44 bits per heavy atom. The lowest BCUT2D eigenvalue weighted by Crippen LogP contribution is -2.31. The minimum absolute atomic E-state index is 0.213. The predicted molar refractivity (Wildman–Crippen MR) is 69.3 cm³/mol. The Balaban J connectivity index is 2.37. The maximum absolute atomic E-state index is 6.08. The van der Waals surface area contributed by atoms with Gasteiger partial charge < -0.3 is 10.5 Å². The average Bonchev–Trinajstić information content (AvgIpc) is 3.09. The maximum atomic E-state index is 6.08. The minimum atomic E-state index is 0.213. The molecule has 1 aromatic carbocycles. The molecule has 0 aromatic heterocycles. The molecule has 1 atom stereocenters. The lowest BCUT2D eigenvalue weighted by molar-refractivity contribution is 0.403. The van der Waals surface area contributed by atoms with Crippen LogP contribution in [0.4, 0.5) is 0 Å². The summed E-state index contributed by atoms with van der Waals surface area (Å²) < 4.78 is 5.42. The van der Waals surface area contributed by atoms with Gasteiger partial charge in [0.05, 0.1) is 7.11 Å². The summed E-state index contributed by atoms with van der Waals surface area (Å²) in [7, 11) is 1.73. The minimum Gasteiger partial charge on any atom is -0.496 e. The summed E-state index contributed by atoms with van der Waals surface area (Å²) in [4.78, 5) is 1.19. The van der Waals surface area contributed by atoms with Crippen LogP contribution in [-0.4, -0.2) is 19.4 Å². The second-order valence-electron chi connectivity index (χ2n) is 4.51. The Hall–Kier alpha value is -0.670. The fourth-order valence-corrected chi connectivity index (χ4v) is 2.84. The first-order chi connectivity index (χ1) is 7.64. The maximum Gasteiger partial charge on any atom is 0.132 e. The van der Waals surface area contributed by atoms with E-state index in [9.17, 15) is 0 Å². The third-order valence-electron chi connectivity index (χ3n) is 3.62. The molecule has 0 radical (unpaired) electrons.